The number of imidazole rings is 1. The fourth-order valence-corrected chi connectivity index (χ4v) is 5.93. The van der Waals surface area contributed by atoms with Crippen molar-refractivity contribution in [3.8, 4) is 0 Å². The molecule has 1 aliphatic heterocycles. The fraction of sp³-hybridized carbons (Fsp3) is 0.440. The highest BCUT2D eigenvalue weighted by Gasteiger charge is 2.34. The van der Waals surface area contributed by atoms with Crippen LogP contribution in [0.5, 0.6) is 0 Å². The molecule has 0 saturated carbocycles. The molecule has 4 heterocycles. The molecule has 0 amide bonds. The van der Waals surface area contributed by atoms with Gasteiger partial charge in [0, 0.05) is 72.7 Å². The molecule has 0 aliphatic carbocycles. The van der Waals surface area contributed by atoms with Gasteiger partial charge in [0.2, 0.25) is 0 Å². The van der Waals surface area contributed by atoms with E-state index in [-0.39, 0.29) is 29.4 Å². The van der Waals surface area contributed by atoms with Gasteiger partial charge in [-0.3, -0.25) is 24.4 Å². The topological polar surface area (TPSA) is 112 Å². The fourth-order valence-electron chi connectivity index (χ4n) is 5.23. The van der Waals surface area contributed by atoms with Gasteiger partial charge in [-0.25, -0.2) is 18.4 Å². The molecule has 4 aromatic rings. The molecule has 1 saturated heterocycles. The van der Waals surface area contributed by atoms with Crippen LogP contribution in [0.15, 0.2) is 47.7 Å². The van der Waals surface area contributed by atoms with E-state index in [0.717, 1.165) is 29.8 Å². The molecule has 0 spiro atoms. The quantitative estimate of drug-likeness (QED) is 0.441. The summed E-state index contributed by atoms with van der Waals surface area (Å²) in [5.74, 6) is 0.0513. The lowest BCUT2D eigenvalue weighted by Gasteiger charge is -2.47. The second-order valence-corrected chi connectivity index (χ2v) is 12.3. The Morgan fingerprint density at radius 1 is 1.11 bits per heavy atom. The largest absolute Gasteiger partial charge is 0.363 e. The van der Waals surface area contributed by atoms with Crippen LogP contribution in [0.2, 0.25) is 0 Å². The average Bonchev–Trinajstić information content (AvgIpc) is 3.24. The number of benzene rings is 1. The minimum atomic E-state index is -2.75. The van der Waals surface area contributed by atoms with E-state index in [4.69, 9.17) is 9.76 Å². The Kier molecular flexibility index (Phi) is 6.08. The molecular weight excluding hydrogens is 476 g/mol. The van der Waals surface area contributed by atoms with E-state index in [0.29, 0.717) is 11.3 Å². The number of hydrogen-bond acceptors (Lipinski definition) is 8. The normalized spacial score (nSPS) is 21.6. The van der Waals surface area contributed by atoms with Crippen LogP contribution in [0.4, 0.5) is 5.69 Å². The molecule has 0 radical (unpaired) electrons. The van der Waals surface area contributed by atoms with Gasteiger partial charge >= 0.3 is 0 Å². The van der Waals surface area contributed by atoms with Crippen LogP contribution in [0.1, 0.15) is 38.1 Å². The Balaban J connectivity index is 1.46. The predicted molar refractivity (Wildman–Crippen MR) is 142 cm³/mol. The molecule has 3 aromatic heterocycles. The zero-order valence-electron chi connectivity index (χ0n) is 21.3. The van der Waals surface area contributed by atoms with E-state index in [1.807, 2.05) is 6.07 Å². The SMILES string of the molecule is CC(c1ccc2nccnc2c1)N1C[C@H](C)N(c2cc(=O)n(C)n3cc(CS(C)(=N)=O)nc23)C[C@H]1C. The highest BCUT2D eigenvalue weighted by molar-refractivity contribution is 7.90. The summed E-state index contributed by atoms with van der Waals surface area (Å²) in [7, 11) is -1.07. The molecule has 11 heteroatoms. The van der Waals surface area contributed by atoms with Gasteiger partial charge < -0.3 is 4.90 Å². The molecule has 190 valence electrons. The molecule has 5 rings (SSSR count). The monoisotopic (exact) mass is 508 g/mol. The van der Waals surface area contributed by atoms with Gasteiger partial charge in [-0.05, 0) is 38.5 Å². The summed E-state index contributed by atoms with van der Waals surface area (Å²) in [6.45, 7) is 8.13. The van der Waals surface area contributed by atoms with Gasteiger partial charge in [-0.2, -0.15) is 0 Å². The zero-order chi connectivity index (χ0) is 25.8. The lowest BCUT2D eigenvalue weighted by molar-refractivity contribution is 0.119. The maximum absolute atomic E-state index is 12.8. The van der Waals surface area contributed by atoms with E-state index in [1.165, 1.54) is 16.5 Å². The van der Waals surface area contributed by atoms with Crippen molar-refractivity contribution in [2.24, 2.45) is 7.05 Å². The second kappa shape index (κ2) is 8.97. The van der Waals surface area contributed by atoms with Gasteiger partial charge in [0.15, 0.2) is 5.65 Å². The van der Waals surface area contributed by atoms with Crippen LogP contribution >= 0.6 is 0 Å². The number of nitrogens with one attached hydrogen (secondary N) is 1. The third-order valence-electron chi connectivity index (χ3n) is 7.11. The Morgan fingerprint density at radius 3 is 2.56 bits per heavy atom. The first kappa shape index (κ1) is 24.4. The first-order chi connectivity index (χ1) is 17.0. The lowest BCUT2D eigenvalue weighted by atomic mass is 10.00. The molecule has 10 nitrogen and oxygen atoms in total. The number of piperazine rings is 1. The number of aryl methyl sites for hydroxylation is 1. The third-order valence-corrected chi connectivity index (χ3v) is 7.96. The van der Waals surface area contributed by atoms with Crippen molar-refractivity contribution in [1.29, 1.82) is 4.78 Å². The van der Waals surface area contributed by atoms with E-state index >= 15 is 0 Å². The minimum Gasteiger partial charge on any atom is -0.363 e. The van der Waals surface area contributed by atoms with Crippen molar-refractivity contribution < 1.29 is 4.21 Å². The molecule has 1 N–H and O–H groups in total. The van der Waals surface area contributed by atoms with Gasteiger partial charge in [0.1, 0.15) is 0 Å². The summed E-state index contributed by atoms with van der Waals surface area (Å²) in [5, 5.41) is 0. The average molecular weight is 509 g/mol. The van der Waals surface area contributed by atoms with Crippen molar-refractivity contribution in [1.82, 2.24) is 29.0 Å². The number of nitrogens with zero attached hydrogens (tertiary/aromatic N) is 7. The van der Waals surface area contributed by atoms with Crippen molar-refractivity contribution in [2.45, 2.75) is 44.6 Å². The van der Waals surface area contributed by atoms with Crippen molar-refractivity contribution >= 4 is 32.1 Å². The zero-order valence-corrected chi connectivity index (χ0v) is 22.1. The van der Waals surface area contributed by atoms with Gasteiger partial charge in [-0.1, -0.05) is 6.07 Å². The summed E-state index contributed by atoms with van der Waals surface area (Å²) in [4.78, 5) is 31.1. The van der Waals surface area contributed by atoms with E-state index in [1.54, 1.807) is 36.2 Å². The number of fused-ring (bicyclic) bond motifs is 2. The predicted octanol–water partition coefficient (Wildman–Crippen LogP) is 2.81. The van der Waals surface area contributed by atoms with E-state index in [9.17, 15) is 9.00 Å². The standard InChI is InChI=1S/C25H32N8O2S/c1-16-13-32(23-11-24(34)30(4)33-14-20(29-25(23)33)15-36(5,26)35)17(2)12-31(16)18(3)19-6-7-21-22(10-19)28-9-8-27-21/h6-11,14,16-18,26H,12-13,15H2,1-5H3/t16-,17+,18?,36?/m1/s1. The van der Waals surface area contributed by atoms with Crippen molar-refractivity contribution in [3.63, 3.8) is 0 Å². The first-order valence-corrected chi connectivity index (χ1v) is 14.2. The molecule has 2 unspecified atom stereocenters. The summed E-state index contributed by atoms with van der Waals surface area (Å²) < 4.78 is 23.1. The number of anilines is 1. The van der Waals surface area contributed by atoms with Crippen LogP contribution in [0.3, 0.4) is 0 Å². The lowest BCUT2D eigenvalue weighted by Crippen LogP contribution is -2.57. The first-order valence-electron chi connectivity index (χ1n) is 12.0. The Morgan fingerprint density at radius 2 is 1.83 bits per heavy atom. The van der Waals surface area contributed by atoms with Crippen LogP contribution in [-0.4, -0.2) is 64.7 Å². The van der Waals surface area contributed by atoms with E-state index < -0.39 is 9.73 Å². The van der Waals surface area contributed by atoms with Crippen molar-refractivity contribution in [2.75, 3.05) is 24.2 Å². The van der Waals surface area contributed by atoms with Gasteiger partial charge in [0.25, 0.3) is 5.56 Å². The highest BCUT2D eigenvalue weighted by Crippen LogP contribution is 2.32. The Hall–Kier alpha value is -3.31. The number of aromatic nitrogens is 5. The second-order valence-electron chi connectivity index (χ2n) is 9.97. The summed E-state index contributed by atoms with van der Waals surface area (Å²) in [6, 6.07) is 8.44. The molecule has 36 heavy (non-hydrogen) atoms. The molecule has 1 aliphatic rings. The maximum Gasteiger partial charge on any atom is 0.267 e. The van der Waals surface area contributed by atoms with Crippen molar-refractivity contribution in [3.05, 3.63) is 64.5 Å². The Bertz CT molecular complexity index is 1610. The molecular formula is C25H32N8O2S. The minimum absolute atomic E-state index is 0.0513. The maximum atomic E-state index is 12.8. The summed E-state index contributed by atoms with van der Waals surface area (Å²) in [6.07, 6.45) is 6.55. The van der Waals surface area contributed by atoms with Gasteiger partial charge in [0.05, 0.1) is 34.4 Å². The number of hydrogen-bond donors (Lipinski definition) is 1. The molecule has 1 fully saturated rings. The third kappa shape index (κ3) is 4.48. The highest BCUT2D eigenvalue weighted by atomic mass is 32.2. The smallest absolute Gasteiger partial charge is 0.267 e. The molecule has 0 bridgehead atoms. The van der Waals surface area contributed by atoms with Crippen LogP contribution in [0.25, 0.3) is 16.7 Å². The number of rotatable bonds is 5. The molecule has 4 atom stereocenters. The van der Waals surface area contributed by atoms with E-state index in [2.05, 4.69) is 52.7 Å². The Labute approximate surface area is 210 Å². The summed E-state index contributed by atoms with van der Waals surface area (Å²) >= 11 is 0. The van der Waals surface area contributed by atoms with Crippen LogP contribution in [-0.2, 0) is 22.5 Å². The van der Waals surface area contributed by atoms with Gasteiger partial charge in [-0.15, -0.1) is 0 Å². The van der Waals surface area contributed by atoms with Crippen LogP contribution < -0.4 is 10.5 Å². The van der Waals surface area contributed by atoms with Crippen LogP contribution in [0, 0.1) is 4.78 Å². The molecule has 1 aromatic carbocycles. The summed E-state index contributed by atoms with van der Waals surface area (Å²) in [5.41, 5.74) is 4.79.